The molecule has 2 unspecified atom stereocenters. The molecule has 1 aliphatic rings. The van der Waals surface area contributed by atoms with Gasteiger partial charge in [-0.3, -0.25) is 0 Å². The third-order valence-corrected chi connectivity index (χ3v) is 2.83. The molecular formula is C9H20S. The summed E-state index contributed by atoms with van der Waals surface area (Å²) in [7, 11) is 0. The summed E-state index contributed by atoms with van der Waals surface area (Å²) < 4.78 is 0. The van der Waals surface area contributed by atoms with Crippen molar-refractivity contribution in [1.82, 2.24) is 0 Å². The number of thiol groups is 1. The van der Waals surface area contributed by atoms with Gasteiger partial charge in [0.2, 0.25) is 0 Å². The molecule has 0 nitrogen and oxygen atoms in total. The molecule has 0 heterocycles. The van der Waals surface area contributed by atoms with Crippen LogP contribution < -0.4 is 0 Å². The average Bonchev–Trinajstić information content (AvgIpc) is 2.00. The Balaban J connectivity index is 0.000000371. The summed E-state index contributed by atoms with van der Waals surface area (Å²) in [4.78, 5) is 0. The summed E-state index contributed by atoms with van der Waals surface area (Å²) in [5.74, 6) is 0.868. The Kier molecular flexibility index (Phi) is 6.30. The van der Waals surface area contributed by atoms with E-state index >= 15 is 0 Å². The van der Waals surface area contributed by atoms with E-state index in [-0.39, 0.29) is 0 Å². The topological polar surface area (TPSA) is 0 Å². The van der Waals surface area contributed by atoms with E-state index in [4.69, 9.17) is 0 Å². The summed E-state index contributed by atoms with van der Waals surface area (Å²) in [6, 6.07) is 0. The normalized spacial score (nSPS) is 32.4. The van der Waals surface area contributed by atoms with Crippen molar-refractivity contribution in [1.29, 1.82) is 0 Å². The lowest BCUT2D eigenvalue weighted by molar-refractivity contribution is 0.399. The highest BCUT2D eigenvalue weighted by Crippen LogP contribution is 2.27. The summed E-state index contributed by atoms with van der Waals surface area (Å²) >= 11 is 4.46. The van der Waals surface area contributed by atoms with E-state index in [0.29, 0.717) is 5.25 Å². The zero-order chi connectivity index (χ0) is 7.98. The van der Waals surface area contributed by atoms with E-state index in [1.165, 1.54) is 25.7 Å². The fraction of sp³-hybridized carbons (Fsp3) is 1.00. The molecule has 1 heteroatoms. The maximum atomic E-state index is 4.46. The van der Waals surface area contributed by atoms with Gasteiger partial charge < -0.3 is 0 Å². The largest absolute Gasteiger partial charge is 0.176 e. The molecule has 1 saturated carbocycles. The number of hydrogen-bond donors (Lipinski definition) is 1. The number of hydrogen-bond acceptors (Lipinski definition) is 1. The third kappa shape index (κ3) is 3.50. The van der Waals surface area contributed by atoms with Crippen molar-refractivity contribution in [3.8, 4) is 0 Å². The molecule has 0 amide bonds. The first-order valence-electron chi connectivity index (χ1n) is 4.49. The molecule has 1 rings (SSSR count). The molecular weight excluding hydrogens is 140 g/mol. The van der Waals surface area contributed by atoms with Gasteiger partial charge in [-0.15, -0.1) is 0 Å². The summed E-state index contributed by atoms with van der Waals surface area (Å²) in [5.41, 5.74) is 0. The lowest BCUT2D eigenvalue weighted by Crippen LogP contribution is -2.15. The quantitative estimate of drug-likeness (QED) is 0.515. The van der Waals surface area contributed by atoms with Gasteiger partial charge in [-0.2, -0.15) is 12.6 Å². The van der Waals surface area contributed by atoms with Crippen molar-refractivity contribution >= 4 is 12.6 Å². The highest BCUT2D eigenvalue weighted by Gasteiger charge is 2.16. The molecule has 0 aliphatic heterocycles. The van der Waals surface area contributed by atoms with Crippen LogP contribution in [-0.4, -0.2) is 5.25 Å². The zero-order valence-corrected chi connectivity index (χ0v) is 8.32. The summed E-state index contributed by atoms with van der Waals surface area (Å²) in [5, 5.41) is 0.698. The van der Waals surface area contributed by atoms with Gasteiger partial charge in [0, 0.05) is 5.25 Å². The van der Waals surface area contributed by atoms with Crippen LogP contribution in [-0.2, 0) is 0 Å². The molecule has 0 aromatic carbocycles. The summed E-state index contributed by atoms with van der Waals surface area (Å²) in [6.45, 7) is 6.30. The smallest absolute Gasteiger partial charge is 0.00424 e. The van der Waals surface area contributed by atoms with E-state index in [2.05, 4.69) is 19.6 Å². The second-order valence-electron chi connectivity index (χ2n) is 2.83. The van der Waals surface area contributed by atoms with Crippen molar-refractivity contribution in [3.05, 3.63) is 0 Å². The van der Waals surface area contributed by atoms with E-state index in [1.807, 2.05) is 13.8 Å². The molecule has 2 atom stereocenters. The minimum atomic E-state index is 0.698. The van der Waals surface area contributed by atoms with Crippen LogP contribution in [0, 0.1) is 5.92 Å². The standard InChI is InChI=1S/C7H14S.C2H6/c1-6-4-2-3-5-7(6)8;1-2/h6-8H,2-5H2,1H3;1-2H3. The molecule has 0 saturated heterocycles. The molecule has 10 heavy (non-hydrogen) atoms. The maximum absolute atomic E-state index is 4.46. The van der Waals surface area contributed by atoms with Crippen LogP contribution in [0.4, 0.5) is 0 Å². The van der Waals surface area contributed by atoms with Crippen molar-refractivity contribution in [2.75, 3.05) is 0 Å². The van der Waals surface area contributed by atoms with Crippen LogP contribution in [0.25, 0.3) is 0 Å². The van der Waals surface area contributed by atoms with Crippen LogP contribution in [0.15, 0.2) is 0 Å². The molecule has 0 aromatic heterocycles. The predicted octanol–water partition coefficient (Wildman–Crippen LogP) is 3.52. The van der Waals surface area contributed by atoms with Gasteiger partial charge >= 0.3 is 0 Å². The third-order valence-electron chi connectivity index (χ3n) is 2.07. The van der Waals surface area contributed by atoms with Gasteiger partial charge in [0.05, 0.1) is 0 Å². The van der Waals surface area contributed by atoms with Crippen molar-refractivity contribution in [2.24, 2.45) is 5.92 Å². The van der Waals surface area contributed by atoms with E-state index in [9.17, 15) is 0 Å². The van der Waals surface area contributed by atoms with E-state index in [0.717, 1.165) is 5.92 Å². The van der Waals surface area contributed by atoms with Gasteiger partial charge in [0.1, 0.15) is 0 Å². The Morgan fingerprint density at radius 2 is 1.60 bits per heavy atom. The van der Waals surface area contributed by atoms with Crippen molar-refractivity contribution in [3.63, 3.8) is 0 Å². The lowest BCUT2D eigenvalue weighted by atomic mass is 9.90. The van der Waals surface area contributed by atoms with Gasteiger partial charge in [-0.1, -0.05) is 33.6 Å². The molecule has 0 spiro atoms. The minimum Gasteiger partial charge on any atom is -0.176 e. The molecule has 0 aromatic rings. The Morgan fingerprint density at radius 1 is 1.10 bits per heavy atom. The summed E-state index contributed by atoms with van der Waals surface area (Å²) in [6.07, 6.45) is 5.56. The van der Waals surface area contributed by atoms with Crippen molar-refractivity contribution < 1.29 is 0 Å². The average molecular weight is 160 g/mol. The van der Waals surface area contributed by atoms with Crippen LogP contribution in [0.2, 0.25) is 0 Å². The highest BCUT2D eigenvalue weighted by molar-refractivity contribution is 7.81. The fourth-order valence-corrected chi connectivity index (χ4v) is 1.63. The first-order valence-corrected chi connectivity index (χ1v) is 5.00. The molecule has 1 aliphatic carbocycles. The Labute approximate surface area is 70.8 Å². The van der Waals surface area contributed by atoms with E-state index < -0.39 is 0 Å². The molecule has 62 valence electrons. The molecule has 1 fully saturated rings. The van der Waals surface area contributed by atoms with Gasteiger partial charge in [-0.05, 0) is 18.8 Å². The Bertz CT molecular complexity index is 61.1. The first-order chi connectivity index (χ1) is 4.80. The van der Waals surface area contributed by atoms with Crippen molar-refractivity contribution in [2.45, 2.75) is 51.7 Å². The molecule has 0 bridgehead atoms. The zero-order valence-electron chi connectivity index (χ0n) is 7.43. The monoisotopic (exact) mass is 160 g/mol. The van der Waals surface area contributed by atoms with Crippen LogP contribution in [0.5, 0.6) is 0 Å². The second-order valence-corrected chi connectivity index (χ2v) is 3.49. The van der Waals surface area contributed by atoms with Gasteiger partial charge in [0.15, 0.2) is 0 Å². The lowest BCUT2D eigenvalue weighted by Gasteiger charge is -2.23. The Hall–Kier alpha value is 0.350. The second kappa shape index (κ2) is 6.09. The highest BCUT2D eigenvalue weighted by atomic mass is 32.1. The predicted molar refractivity (Wildman–Crippen MR) is 51.8 cm³/mol. The first kappa shape index (κ1) is 10.3. The van der Waals surface area contributed by atoms with Crippen LogP contribution >= 0.6 is 12.6 Å². The minimum absolute atomic E-state index is 0.698. The van der Waals surface area contributed by atoms with E-state index in [1.54, 1.807) is 0 Å². The fourth-order valence-electron chi connectivity index (χ4n) is 1.30. The molecule has 0 N–H and O–H groups in total. The van der Waals surface area contributed by atoms with Crippen LogP contribution in [0.1, 0.15) is 46.5 Å². The van der Waals surface area contributed by atoms with Crippen LogP contribution in [0.3, 0.4) is 0 Å². The SMILES string of the molecule is CC.CC1CCCCC1S. The molecule has 0 radical (unpaired) electrons. The number of rotatable bonds is 0. The van der Waals surface area contributed by atoms with Gasteiger partial charge in [-0.25, -0.2) is 0 Å². The maximum Gasteiger partial charge on any atom is 0.00424 e. The Morgan fingerprint density at radius 3 is 1.90 bits per heavy atom. The van der Waals surface area contributed by atoms with Gasteiger partial charge in [0.25, 0.3) is 0 Å².